The molecule has 3 rings (SSSR count). The molecule has 0 unspecified atom stereocenters. The first-order chi connectivity index (χ1) is 10.8. The van der Waals surface area contributed by atoms with Crippen molar-refractivity contribution >= 4 is 11.8 Å². The van der Waals surface area contributed by atoms with Crippen LogP contribution < -0.4 is 5.32 Å². The van der Waals surface area contributed by atoms with E-state index in [0.717, 1.165) is 23.3 Å². The molecule has 1 aromatic rings. The molecular formula is C16H17F3N2O2. The molecule has 2 fully saturated rings. The van der Waals surface area contributed by atoms with Crippen LogP contribution in [0.1, 0.15) is 24.8 Å². The molecule has 2 amide bonds. The van der Waals surface area contributed by atoms with Gasteiger partial charge in [0, 0.05) is 13.0 Å². The standard InChI is InChI=1S/C16H17F3N2O2/c17-16(18,19)10-21-9-12(8-13(21)22)20-14(23)15(6-7-15)11-4-2-1-3-5-11/h1-5,12H,6-10H2,(H,20,23)/t12-/m0/s1. The number of nitrogens with one attached hydrogen (secondary N) is 1. The second-order valence-electron chi connectivity index (χ2n) is 6.21. The third kappa shape index (κ3) is 3.33. The molecule has 1 atom stereocenters. The number of nitrogens with zero attached hydrogens (tertiary/aromatic N) is 1. The molecular weight excluding hydrogens is 309 g/mol. The van der Waals surface area contributed by atoms with Crippen LogP contribution in [0.4, 0.5) is 13.2 Å². The predicted octanol–water partition coefficient (Wildman–Crippen LogP) is 2.00. The van der Waals surface area contributed by atoms with Crippen LogP contribution in [0.15, 0.2) is 30.3 Å². The molecule has 7 heteroatoms. The normalized spacial score (nSPS) is 23.0. The lowest BCUT2D eigenvalue weighted by molar-refractivity contribution is -0.157. The minimum absolute atomic E-state index is 0.0767. The quantitative estimate of drug-likeness (QED) is 0.920. The van der Waals surface area contributed by atoms with Crippen LogP contribution in [0, 0.1) is 0 Å². The first kappa shape index (κ1) is 15.8. The Morgan fingerprint density at radius 3 is 2.48 bits per heavy atom. The van der Waals surface area contributed by atoms with Gasteiger partial charge in [0.15, 0.2) is 0 Å². The van der Waals surface area contributed by atoms with Crippen LogP contribution in [0.25, 0.3) is 0 Å². The highest BCUT2D eigenvalue weighted by Gasteiger charge is 2.52. The molecule has 1 saturated heterocycles. The topological polar surface area (TPSA) is 49.4 Å². The van der Waals surface area contributed by atoms with Crippen molar-refractivity contribution in [3.05, 3.63) is 35.9 Å². The Morgan fingerprint density at radius 1 is 1.26 bits per heavy atom. The molecule has 1 N–H and O–H groups in total. The molecule has 0 radical (unpaired) electrons. The van der Waals surface area contributed by atoms with Crippen LogP contribution in [-0.2, 0) is 15.0 Å². The van der Waals surface area contributed by atoms with Crippen molar-refractivity contribution in [1.82, 2.24) is 10.2 Å². The van der Waals surface area contributed by atoms with Gasteiger partial charge in [-0.3, -0.25) is 9.59 Å². The second-order valence-corrected chi connectivity index (χ2v) is 6.21. The van der Waals surface area contributed by atoms with E-state index in [2.05, 4.69) is 5.32 Å². The molecule has 0 aromatic heterocycles. The first-order valence-corrected chi connectivity index (χ1v) is 7.51. The summed E-state index contributed by atoms with van der Waals surface area (Å²) in [6.07, 6.45) is -3.06. The highest BCUT2D eigenvalue weighted by molar-refractivity contribution is 5.92. The zero-order valence-corrected chi connectivity index (χ0v) is 12.4. The number of hydrogen-bond donors (Lipinski definition) is 1. The molecule has 1 aliphatic heterocycles. The van der Waals surface area contributed by atoms with Crippen LogP contribution in [-0.4, -0.2) is 42.0 Å². The maximum absolute atomic E-state index is 12.5. The van der Waals surface area contributed by atoms with Gasteiger partial charge in [-0.15, -0.1) is 0 Å². The molecule has 1 saturated carbocycles. The number of carbonyl (C=O) groups excluding carboxylic acids is 2. The van der Waals surface area contributed by atoms with Crippen LogP contribution >= 0.6 is 0 Å². The van der Waals surface area contributed by atoms with Crippen molar-refractivity contribution in [3.8, 4) is 0 Å². The van der Waals surface area contributed by atoms with Crippen LogP contribution in [0.2, 0.25) is 0 Å². The predicted molar refractivity (Wildman–Crippen MR) is 76.5 cm³/mol. The fourth-order valence-electron chi connectivity index (χ4n) is 3.09. The third-order valence-corrected chi connectivity index (χ3v) is 4.43. The zero-order valence-electron chi connectivity index (χ0n) is 12.4. The molecule has 1 aliphatic carbocycles. The van der Waals surface area contributed by atoms with Crippen molar-refractivity contribution in [2.75, 3.05) is 13.1 Å². The lowest BCUT2D eigenvalue weighted by Gasteiger charge is -2.21. The summed E-state index contributed by atoms with van der Waals surface area (Å²) in [6, 6.07) is 8.77. The monoisotopic (exact) mass is 326 g/mol. The van der Waals surface area contributed by atoms with E-state index >= 15 is 0 Å². The molecule has 2 aliphatic rings. The van der Waals surface area contributed by atoms with Gasteiger partial charge in [0.1, 0.15) is 6.54 Å². The summed E-state index contributed by atoms with van der Waals surface area (Å²) >= 11 is 0. The van der Waals surface area contributed by atoms with Crippen LogP contribution in [0.5, 0.6) is 0 Å². The number of halogens is 3. The van der Waals surface area contributed by atoms with Crippen molar-refractivity contribution in [2.45, 2.75) is 36.9 Å². The third-order valence-electron chi connectivity index (χ3n) is 4.43. The molecule has 0 spiro atoms. The Morgan fingerprint density at radius 2 is 1.91 bits per heavy atom. The summed E-state index contributed by atoms with van der Waals surface area (Å²) in [5.74, 6) is -0.771. The number of hydrogen-bond acceptors (Lipinski definition) is 2. The molecule has 4 nitrogen and oxygen atoms in total. The van der Waals surface area contributed by atoms with Gasteiger partial charge in [0.25, 0.3) is 0 Å². The number of rotatable bonds is 4. The highest BCUT2D eigenvalue weighted by atomic mass is 19.4. The largest absolute Gasteiger partial charge is 0.406 e. The summed E-state index contributed by atoms with van der Waals surface area (Å²) in [4.78, 5) is 24.9. The van der Waals surface area contributed by atoms with Crippen molar-refractivity contribution in [3.63, 3.8) is 0 Å². The summed E-state index contributed by atoms with van der Waals surface area (Å²) in [7, 11) is 0. The lowest BCUT2D eigenvalue weighted by atomic mass is 9.94. The molecule has 124 valence electrons. The van der Waals surface area contributed by atoms with E-state index in [9.17, 15) is 22.8 Å². The number of amides is 2. The summed E-state index contributed by atoms with van der Waals surface area (Å²) in [5.41, 5.74) is 0.329. The Hall–Kier alpha value is -2.05. The van der Waals surface area contributed by atoms with Gasteiger partial charge in [0.2, 0.25) is 11.8 Å². The maximum atomic E-state index is 12.5. The van der Waals surface area contributed by atoms with Gasteiger partial charge in [-0.2, -0.15) is 13.2 Å². The van der Waals surface area contributed by atoms with E-state index in [-0.39, 0.29) is 18.9 Å². The van der Waals surface area contributed by atoms with Gasteiger partial charge in [-0.1, -0.05) is 30.3 Å². The fourth-order valence-corrected chi connectivity index (χ4v) is 3.09. The number of carbonyl (C=O) groups is 2. The zero-order chi connectivity index (χ0) is 16.7. The van der Waals surface area contributed by atoms with Crippen molar-refractivity contribution < 1.29 is 22.8 Å². The minimum atomic E-state index is -4.42. The Balaban J connectivity index is 1.62. The Kier molecular flexibility index (Phi) is 3.82. The number of likely N-dealkylation sites (tertiary alicyclic amines) is 1. The van der Waals surface area contributed by atoms with Crippen molar-refractivity contribution in [1.29, 1.82) is 0 Å². The highest BCUT2D eigenvalue weighted by Crippen LogP contribution is 2.48. The number of benzene rings is 1. The summed E-state index contributed by atoms with van der Waals surface area (Å²) in [6.45, 7) is -1.35. The molecule has 1 aromatic carbocycles. The average Bonchev–Trinajstić information content (AvgIpc) is 3.21. The van der Waals surface area contributed by atoms with E-state index in [1.54, 1.807) is 0 Å². The lowest BCUT2D eigenvalue weighted by Crippen LogP contribution is -2.43. The van der Waals surface area contributed by atoms with Gasteiger partial charge in [-0.05, 0) is 18.4 Å². The number of alkyl halides is 3. The van der Waals surface area contributed by atoms with E-state index in [0.29, 0.717) is 0 Å². The van der Waals surface area contributed by atoms with Gasteiger partial charge < -0.3 is 10.2 Å². The van der Waals surface area contributed by atoms with E-state index < -0.39 is 30.1 Å². The maximum Gasteiger partial charge on any atom is 0.406 e. The summed E-state index contributed by atoms with van der Waals surface area (Å²) < 4.78 is 37.2. The smallest absolute Gasteiger partial charge is 0.350 e. The Bertz CT molecular complexity index is 612. The minimum Gasteiger partial charge on any atom is -0.350 e. The second kappa shape index (κ2) is 5.54. The average molecular weight is 326 g/mol. The Labute approximate surface area is 131 Å². The van der Waals surface area contributed by atoms with E-state index in [1.165, 1.54) is 0 Å². The van der Waals surface area contributed by atoms with Crippen LogP contribution in [0.3, 0.4) is 0 Å². The van der Waals surface area contributed by atoms with E-state index in [4.69, 9.17) is 0 Å². The molecule has 0 bridgehead atoms. The SMILES string of the molecule is O=C1C[C@H](NC(=O)C2(c3ccccc3)CC2)CN1CC(F)(F)F. The fraction of sp³-hybridized carbons (Fsp3) is 0.500. The molecule has 23 heavy (non-hydrogen) atoms. The van der Waals surface area contributed by atoms with Gasteiger partial charge in [-0.25, -0.2) is 0 Å². The van der Waals surface area contributed by atoms with E-state index in [1.807, 2.05) is 30.3 Å². The van der Waals surface area contributed by atoms with Crippen molar-refractivity contribution in [2.24, 2.45) is 0 Å². The van der Waals surface area contributed by atoms with Gasteiger partial charge >= 0.3 is 6.18 Å². The van der Waals surface area contributed by atoms with Gasteiger partial charge in [0.05, 0.1) is 11.5 Å². The molecule has 1 heterocycles. The summed E-state index contributed by atoms with van der Waals surface area (Å²) in [5, 5.41) is 2.76. The first-order valence-electron chi connectivity index (χ1n) is 7.51.